The normalized spacial score (nSPS) is 25.3. The van der Waals surface area contributed by atoms with Gasteiger partial charge in [0, 0.05) is 35.0 Å². The molecule has 2 unspecified atom stereocenters. The number of hydrogen-bond acceptors (Lipinski definition) is 2. The van der Waals surface area contributed by atoms with Gasteiger partial charge in [0.2, 0.25) is 0 Å². The Morgan fingerprint density at radius 3 is 2.56 bits per heavy atom. The largest absolute Gasteiger partial charge is 0.337 e. The Kier molecular flexibility index (Phi) is 6.10. The Morgan fingerprint density at radius 1 is 0.949 bits per heavy atom. The zero-order valence-electron chi connectivity index (χ0n) is 23.6. The van der Waals surface area contributed by atoms with Gasteiger partial charge in [-0.3, -0.25) is 0 Å². The van der Waals surface area contributed by atoms with Crippen molar-refractivity contribution < 1.29 is 0 Å². The molecular formula is C37H38N2. The fraction of sp³-hybridized carbons (Fsp3) is 0.270. The molecule has 6 rings (SSSR count). The van der Waals surface area contributed by atoms with Gasteiger partial charge in [-0.1, -0.05) is 113 Å². The second-order valence-electron chi connectivity index (χ2n) is 12.3. The minimum atomic E-state index is -0.0852. The molecular weight excluding hydrogens is 472 g/mol. The molecule has 1 N–H and O–H groups in total. The van der Waals surface area contributed by atoms with Crippen LogP contribution in [0.15, 0.2) is 103 Å². The van der Waals surface area contributed by atoms with Crippen molar-refractivity contribution in [2.75, 3.05) is 11.4 Å². The highest BCUT2D eigenvalue weighted by molar-refractivity contribution is 5.99. The predicted molar refractivity (Wildman–Crippen MR) is 167 cm³/mol. The SMILES string of the molecule is C=C1/C=C(C2(C)CC=CC(C)C2)\C=C/CN(c2cccc(C=N)c2)c2c1ccc1c2-c2ccccc2C1(C)C. The van der Waals surface area contributed by atoms with Crippen LogP contribution in [0.3, 0.4) is 0 Å². The van der Waals surface area contributed by atoms with Crippen molar-refractivity contribution in [3.05, 3.63) is 125 Å². The first-order valence-electron chi connectivity index (χ1n) is 14.1. The number of anilines is 2. The summed E-state index contributed by atoms with van der Waals surface area (Å²) in [4.78, 5) is 2.43. The van der Waals surface area contributed by atoms with Gasteiger partial charge in [-0.05, 0) is 69.7 Å². The van der Waals surface area contributed by atoms with E-state index in [4.69, 9.17) is 5.41 Å². The van der Waals surface area contributed by atoms with Gasteiger partial charge in [0.1, 0.15) is 0 Å². The highest BCUT2D eigenvalue weighted by Crippen LogP contribution is 2.55. The van der Waals surface area contributed by atoms with Crippen molar-refractivity contribution in [3.8, 4) is 11.1 Å². The second kappa shape index (κ2) is 9.38. The number of nitrogens with zero attached hydrogens (tertiary/aromatic N) is 1. The molecule has 0 saturated heterocycles. The van der Waals surface area contributed by atoms with E-state index >= 15 is 0 Å². The van der Waals surface area contributed by atoms with Crippen LogP contribution in [0.5, 0.6) is 0 Å². The van der Waals surface area contributed by atoms with Crippen LogP contribution in [0, 0.1) is 16.7 Å². The van der Waals surface area contributed by atoms with Crippen molar-refractivity contribution in [3.63, 3.8) is 0 Å². The molecule has 2 aliphatic carbocycles. The number of allylic oxidation sites excluding steroid dienone is 6. The summed E-state index contributed by atoms with van der Waals surface area (Å²) in [6.07, 6.45) is 15.3. The number of rotatable bonds is 3. The summed E-state index contributed by atoms with van der Waals surface area (Å²) in [5.41, 5.74) is 12.1. The fourth-order valence-electron chi connectivity index (χ4n) is 7.06. The zero-order chi connectivity index (χ0) is 27.4. The summed E-state index contributed by atoms with van der Waals surface area (Å²) >= 11 is 0. The van der Waals surface area contributed by atoms with Crippen molar-refractivity contribution in [1.82, 2.24) is 0 Å². The maximum Gasteiger partial charge on any atom is 0.0576 e. The molecule has 0 spiro atoms. The summed E-state index contributed by atoms with van der Waals surface area (Å²) in [5, 5.41) is 7.91. The van der Waals surface area contributed by atoms with E-state index in [1.54, 1.807) is 0 Å². The third kappa shape index (κ3) is 4.14. The van der Waals surface area contributed by atoms with Crippen LogP contribution in [0.1, 0.15) is 62.8 Å². The molecule has 3 aromatic carbocycles. The summed E-state index contributed by atoms with van der Waals surface area (Å²) in [6.45, 7) is 14.8. The molecule has 1 aliphatic heterocycles. The highest BCUT2D eigenvalue weighted by Gasteiger charge is 2.39. The average Bonchev–Trinajstić information content (AvgIpc) is 3.20. The molecule has 0 aromatic heterocycles. The molecule has 196 valence electrons. The Labute approximate surface area is 233 Å². The van der Waals surface area contributed by atoms with Gasteiger partial charge in [-0.25, -0.2) is 0 Å². The fourth-order valence-corrected chi connectivity index (χ4v) is 7.06. The van der Waals surface area contributed by atoms with E-state index in [2.05, 4.69) is 124 Å². The van der Waals surface area contributed by atoms with E-state index < -0.39 is 0 Å². The summed E-state index contributed by atoms with van der Waals surface area (Å²) in [7, 11) is 0. The van der Waals surface area contributed by atoms with Gasteiger partial charge >= 0.3 is 0 Å². The number of nitrogens with one attached hydrogen (secondary N) is 1. The van der Waals surface area contributed by atoms with Crippen LogP contribution in [0.4, 0.5) is 11.4 Å². The van der Waals surface area contributed by atoms with Gasteiger partial charge < -0.3 is 10.3 Å². The monoisotopic (exact) mass is 510 g/mol. The van der Waals surface area contributed by atoms with Crippen LogP contribution in [-0.2, 0) is 5.41 Å². The van der Waals surface area contributed by atoms with E-state index in [0.717, 1.165) is 36.2 Å². The molecule has 39 heavy (non-hydrogen) atoms. The van der Waals surface area contributed by atoms with Crippen LogP contribution >= 0.6 is 0 Å². The Balaban J connectivity index is 1.62. The lowest BCUT2D eigenvalue weighted by molar-refractivity contribution is 0.321. The van der Waals surface area contributed by atoms with Gasteiger partial charge in [-0.2, -0.15) is 0 Å². The number of benzene rings is 3. The van der Waals surface area contributed by atoms with Crippen molar-refractivity contribution >= 4 is 23.2 Å². The molecule has 0 saturated carbocycles. The molecule has 2 heteroatoms. The lowest BCUT2D eigenvalue weighted by Crippen LogP contribution is -2.23. The Hall–Kier alpha value is -3.91. The maximum absolute atomic E-state index is 7.91. The van der Waals surface area contributed by atoms with E-state index in [-0.39, 0.29) is 10.8 Å². The van der Waals surface area contributed by atoms with E-state index in [9.17, 15) is 0 Å². The lowest BCUT2D eigenvalue weighted by Gasteiger charge is -2.35. The summed E-state index contributed by atoms with van der Waals surface area (Å²) < 4.78 is 0. The molecule has 3 aromatic rings. The van der Waals surface area contributed by atoms with E-state index in [1.165, 1.54) is 45.3 Å². The molecule has 0 radical (unpaired) electrons. The first kappa shape index (κ1) is 25.4. The topological polar surface area (TPSA) is 27.1 Å². The Bertz CT molecular complexity index is 1580. The van der Waals surface area contributed by atoms with E-state index in [0.29, 0.717) is 5.92 Å². The average molecular weight is 511 g/mol. The highest BCUT2D eigenvalue weighted by atomic mass is 15.1. The number of hydrogen-bond donors (Lipinski definition) is 1. The van der Waals surface area contributed by atoms with Crippen LogP contribution < -0.4 is 4.90 Å². The smallest absolute Gasteiger partial charge is 0.0576 e. The quantitative estimate of drug-likeness (QED) is 0.276. The molecule has 3 aliphatic rings. The standard InChI is InChI=1S/C37H38N2/c1-25-11-9-19-37(5,23-25)28-13-10-20-39(29-14-8-12-27(22-29)24-38)35-30(26(2)21-28)17-18-33-34(35)31-15-6-7-16-32(31)36(33,3)4/h6-18,21-22,24-25,38H,2,19-20,23H2,1,3-5H3/b13-10-,28-21+,38-24?. The molecule has 2 atom stereocenters. The van der Waals surface area contributed by atoms with E-state index in [1.807, 2.05) is 6.07 Å². The predicted octanol–water partition coefficient (Wildman–Crippen LogP) is 9.63. The van der Waals surface area contributed by atoms with Gasteiger partial charge in [-0.15, -0.1) is 0 Å². The van der Waals surface area contributed by atoms with Gasteiger partial charge in [0.05, 0.1) is 5.69 Å². The third-order valence-electron chi connectivity index (χ3n) is 9.10. The minimum Gasteiger partial charge on any atom is -0.337 e. The van der Waals surface area contributed by atoms with Crippen molar-refractivity contribution in [2.24, 2.45) is 11.3 Å². The number of fused-ring (bicyclic) bond motifs is 5. The first-order chi connectivity index (χ1) is 18.7. The first-order valence-corrected chi connectivity index (χ1v) is 14.1. The van der Waals surface area contributed by atoms with Crippen molar-refractivity contribution in [1.29, 1.82) is 5.41 Å². The Morgan fingerprint density at radius 2 is 1.77 bits per heavy atom. The second-order valence-corrected chi connectivity index (χ2v) is 12.3. The molecule has 0 fully saturated rings. The summed E-state index contributed by atoms with van der Waals surface area (Å²) in [5.74, 6) is 0.564. The van der Waals surface area contributed by atoms with Crippen molar-refractivity contribution in [2.45, 2.75) is 46.0 Å². The molecule has 1 heterocycles. The van der Waals surface area contributed by atoms with Gasteiger partial charge in [0.25, 0.3) is 0 Å². The van der Waals surface area contributed by atoms with Crippen LogP contribution in [0.2, 0.25) is 0 Å². The van der Waals surface area contributed by atoms with Crippen LogP contribution in [0.25, 0.3) is 16.7 Å². The molecule has 0 amide bonds. The van der Waals surface area contributed by atoms with Gasteiger partial charge in [0.15, 0.2) is 0 Å². The molecule has 0 bridgehead atoms. The van der Waals surface area contributed by atoms with Crippen LogP contribution in [-0.4, -0.2) is 12.8 Å². The summed E-state index contributed by atoms with van der Waals surface area (Å²) in [6, 6.07) is 21.8. The lowest BCUT2D eigenvalue weighted by atomic mass is 9.69. The zero-order valence-corrected chi connectivity index (χ0v) is 23.6. The third-order valence-corrected chi connectivity index (χ3v) is 9.10. The maximum atomic E-state index is 7.91. The minimum absolute atomic E-state index is 0.0777. The molecule has 2 nitrogen and oxygen atoms in total.